The minimum Gasteiger partial charge on any atom is -0.478 e. The Kier molecular flexibility index (Phi) is 4.71. The summed E-state index contributed by atoms with van der Waals surface area (Å²) in [6.45, 7) is 5.00. The van der Waals surface area contributed by atoms with Crippen LogP contribution in [0.25, 0.3) is 0 Å². The van der Waals surface area contributed by atoms with Crippen LogP contribution in [0.4, 0.5) is 0 Å². The van der Waals surface area contributed by atoms with E-state index in [1.54, 1.807) is 6.07 Å². The molecule has 0 amide bonds. The van der Waals surface area contributed by atoms with E-state index in [0.717, 1.165) is 17.4 Å². The SMILES string of the molecule is CC12CC3CC(C1)CC(C)(C3)C2c1ccc(C#Cc2ccc(C(=O)O)c(C(=O)O)c2)cc1. The van der Waals surface area contributed by atoms with Crippen molar-refractivity contribution in [1.29, 1.82) is 0 Å². The molecule has 164 valence electrons. The van der Waals surface area contributed by atoms with Gasteiger partial charge in [0.25, 0.3) is 0 Å². The van der Waals surface area contributed by atoms with Gasteiger partial charge in [-0.15, -0.1) is 0 Å². The van der Waals surface area contributed by atoms with Gasteiger partial charge in [-0.3, -0.25) is 0 Å². The third-order valence-electron chi connectivity index (χ3n) is 8.16. The van der Waals surface area contributed by atoms with Crippen LogP contribution in [-0.4, -0.2) is 22.2 Å². The lowest BCUT2D eigenvalue weighted by atomic mass is 9.39. The standard InChI is InChI=1S/C28H28O4/c1-27-13-19-11-20(14-27)16-28(2,15-19)24(27)21-8-5-17(6-9-21)3-4-18-7-10-22(25(29)30)23(12-18)26(31)32/h5-10,12,19-20,24H,11,13-16H2,1-2H3,(H,29,30)(H,31,32). The largest absolute Gasteiger partial charge is 0.478 e. The molecule has 32 heavy (non-hydrogen) atoms. The summed E-state index contributed by atoms with van der Waals surface area (Å²) in [6.07, 6.45) is 6.84. The Bertz CT molecular complexity index is 1130. The maximum Gasteiger partial charge on any atom is 0.336 e. The van der Waals surface area contributed by atoms with Gasteiger partial charge < -0.3 is 10.2 Å². The molecule has 2 N–H and O–H groups in total. The van der Waals surface area contributed by atoms with Crippen LogP contribution >= 0.6 is 0 Å². The Balaban J connectivity index is 1.40. The number of hydrogen-bond acceptors (Lipinski definition) is 2. The normalized spacial score (nSPS) is 32.2. The molecule has 0 heterocycles. The van der Waals surface area contributed by atoms with Crippen LogP contribution in [0.3, 0.4) is 0 Å². The third kappa shape index (κ3) is 3.41. The van der Waals surface area contributed by atoms with E-state index in [0.29, 0.717) is 22.3 Å². The van der Waals surface area contributed by atoms with E-state index in [1.807, 2.05) is 0 Å². The highest BCUT2D eigenvalue weighted by molar-refractivity contribution is 6.01. The van der Waals surface area contributed by atoms with Gasteiger partial charge in [-0.2, -0.15) is 0 Å². The molecule has 4 heteroatoms. The summed E-state index contributed by atoms with van der Waals surface area (Å²) in [5.41, 5.74) is 3.08. The zero-order valence-corrected chi connectivity index (χ0v) is 18.5. The average Bonchev–Trinajstić information content (AvgIpc) is 2.70. The predicted octanol–water partition coefficient (Wildman–Crippen LogP) is 5.80. The van der Waals surface area contributed by atoms with E-state index in [-0.39, 0.29) is 11.1 Å². The van der Waals surface area contributed by atoms with Crippen LogP contribution in [0.5, 0.6) is 0 Å². The maximum absolute atomic E-state index is 11.4. The molecule has 0 unspecified atom stereocenters. The summed E-state index contributed by atoms with van der Waals surface area (Å²) >= 11 is 0. The van der Waals surface area contributed by atoms with Gasteiger partial charge in [-0.25, -0.2) is 9.59 Å². The predicted molar refractivity (Wildman–Crippen MR) is 122 cm³/mol. The zero-order valence-electron chi connectivity index (χ0n) is 18.5. The van der Waals surface area contributed by atoms with Crippen LogP contribution < -0.4 is 0 Å². The van der Waals surface area contributed by atoms with Gasteiger partial charge in [0.15, 0.2) is 0 Å². The first-order valence-corrected chi connectivity index (χ1v) is 11.4. The van der Waals surface area contributed by atoms with Gasteiger partial charge in [0.2, 0.25) is 0 Å². The first-order valence-electron chi connectivity index (χ1n) is 11.4. The molecule has 0 spiro atoms. The summed E-state index contributed by atoms with van der Waals surface area (Å²) in [5.74, 6) is 5.95. The lowest BCUT2D eigenvalue weighted by molar-refractivity contribution is -0.116. The molecule has 6 rings (SSSR count). The Hall–Kier alpha value is -3.06. The second-order valence-corrected chi connectivity index (χ2v) is 10.8. The van der Waals surface area contributed by atoms with Crippen molar-refractivity contribution in [2.45, 2.75) is 51.9 Å². The van der Waals surface area contributed by atoms with E-state index in [2.05, 4.69) is 50.0 Å². The Morgan fingerprint density at radius 3 is 1.81 bits per heavy atom. The summed E-state index contributed by atoms with van der Waals surface area (Å²) in [7, 11) is 0. The number of rotatable bonds is 3. The van der Waals surface area contributed by atoms with Crippen molar-refractivity contribution in [2.75, 3.05) is 0 Å². The Morgan fingerprint density at radius 1 is 0.781 bits per heavy atom. The van der Waals surface area contributed by atoms with Crippen molar-refractivity contribution < 1.29 is 19.8 Å². The van der Waals surface area contributed by atoms with Crippen molar-refractivity contribution in [3.8, 4) is 11.8 Å². The molecule has 2 aromatic carbocycles. The number of aromatic carboxylic acids is 2. The van der Waals surface area contributed by atoms with Crippen molar-refractivity contribution in [2.24, 2.45) is 22.7 Å². The molecule has 4 aliphatic rings. The molecule has 4 bridgehead atoms. The van der Waals surface area contributed by atoms with E-state index in [1.165, 1.54) is 49.8 Å². The molecule has 0 saturated heterocycles. The fourth-order valence-electron chi connectivity index (χ4n) is 7.76. The summed E-state index contributed by atoms with van der Waals surface area (Å²) < 4.78 is 0. The highest BCUT2D eigenvalue weighted by atomic mass is 16.4. The molecule has 0 atom stereocenters. The zero-order chi connectivity index (χ0) is 22.7. The highest BCUT2D eigenvalue weighted by Gasteiger charge is 2.60. The van der Waals surface area contributed by atoms with Crippen molar-refractivity contribution in [3.63, 3.8) is 0 Å². The second kappa shape index (κ2) is 7.24. The summed E-state index contributed by atoms with van der Waals surface area (Å²) in [6, 6.07) is 12.7. The average molecular weight is 429 g/mol. The lowest BCUT2D eigenvalue weighted by Crippen LogP contribution is -2.54. The molecular formula is C28H28O4. The third-order valence-corrected chi connectivity index (χ3v) is 8.16. The van der Waals surface area contributed by atoms with Crippen LogP contribution in [0.15, 0.2) is 42.5 Å². The molecule has 0 aromatic heterocycles. The van der Waals surface area contributed by atoms with E-state index in [9.17, 15) is 14.7 Å². The van der Waals surface area contributed by atoms with Crippen molar-refractivity contribution in [3.05, 3.63) is 70.3 Å². The lowest BCUT2D eigenvalue weighted by Gasteiger charge is -2.65. The van der Waals surface area contributed by atoms with Crippen molar-refractivity contribution in [1.82, 2.24) is 0 Å². The number of carbonyl (C=O) groups is 2. The van der Waals surface area contributed by atoms with Crippen LogP contribution in [-0.2, 0) is 0 Å². The molecule has 4 fully saturated rings. The molecule has 4 saturated carbocycles. The first kappa shape index (κ1) is 20.8. The second-order valence-electron chi connectivity index (χ2n) is 10.8. The minimum atomic E-state index is -1.27. The van der Waals surface area contributed by atoms with E-state index < -0.39 is 11.9 Å². The number of benzene rings is 2. The topological polar surface area (TPSA) is 74.6 Å². The Labute approximate surface area is 188 Å². The number of carboxylic acid groups (broad SMARTS) is 2. The monoisotopic (exact) mass is 428 g/mol. The Morgan fingerprint density at radius 2 is 1.28 bits per heavy atom. The van der Waals surface area contributed by atoms with Gasteiger partial charge in [0.1, 0.15) is 0 Å². The maximum atomic E-state index is 11.4. The number of hydrogen-bond donors (Lipinski definition) is 2. The van der Waals surface area contributed by atoms with Gasteiger partial charge in [-0.05, 0) is 96.6 Å². The van der Waals surface area contributed by atoms with Gasteiger partial charge in [0, 0.05) is 11.1 Å². The van der Waals surface area contributed by atoms with Gasteiger partial charge >= 0.3 is 11.9 Å². The van der Waals surface area contributed by atoms with E-state index >= 15 is 0 Å². The quantitative estimate of drug-likeness (QED) is 0.606. The van der Waals surface area contributed by atoms with Gasteiger partial charge in [-0.1, -0.05) is 37.8 Å². The van der Waals surface area contributed by atoms with Crippen LogP contribution in [0.1, 0.15) is 89.3 Å². The minimum absolute atomic E-state index is 0.231. The van der Waals surface area contributed by atoms with Crippen LogP contribution in [0.2, 0.25) is 0 Å². The van der Waals surface area contributed by atoms with Crippen molar-refractivity contribution >= 4 is 11.9 Å². The molecule has 0 aliphatic heterocycles. The summed E-state index contributed by atoms with van der Waals surface area (Å²) in [4.78, 5) is 22.6. The first-order chi connectivity index (χ1) is 15.2. The smallest absolute Gasteiger partial charge is 0.336 e. The fraction of sp³-hybridized carbons (Fsp3) is 0.429. The highest BCUT2D eigenvalue weighted by Crippen LogP contribution is 2.70. The molecular weight excluding hydrogens is 400 g/mol. The number of carboxylic acids is 2. The molecule has 0 radical (unpaired) electrons. The molecule has 4 aliphatic carbocycles. The van der Waals surface area contributed by atoms with E-state index in [4.69, 9.17) is 5.11 Å². The summed E-state index contributed by atoms with van der Waals surface area (Å²) in [5, 5.41) is 18.5. The van der Waals surface area contributed by atoms with Crippen LogP contribution in [0, 0.1) is 34.5 Å². The molecule has 2 aromatic rings. The molecule has 4 nitrogen and oxygen atoms in total. The van der Waals surface area contributed by atoms with Gasteiger partial charge in [0.05, 0.1) is 11.1 Å². The fourth-order valence-corrected chi connectivity index (χ4v) is 7.76.